The average Bonchev–Trinajstić information content (AvgIpc) is 3.52. The Labute approximate surface area is 271 Å². The normalized spacial score (nSPS) is 34.1. The molecule has 0 amide bonds. The Morgan fingerprint density at radius 2 is 1.53 bits per heavy atom. The van der Waals surface area contributed by atoms with Crippen molar-refractivity contribution < 1.29 is 53.3 Å². The third kappa shape index (κ3) is 7.32. The second kappa shape index (κ2) is 14.8. The zero-order valence-corrected chi connectivity index (χ0v) is 26.0. The minimum absolute atomic E-state index is 0.278. The van der Waals surface area contributed by atoms with Crippen molar-refractivity contribution in [3.8, 4) is 0 Å². The second-order valence-corrected chi connectivity index (χ2v) is 12.9. The Kier molecular flexibility index (Phi) is 11.2. The summed E-state index contributed by atoms with van der Waals surface area (Å²) in [6, 6.07) is -1.31. The number of aliphatic hydroxyl groups is 6. The molecule has 0 radical (unpaired) electrons. The third-order valence-electron chi connectivity index (χ3n) is 8.55. The number of anilines is 1. The molecule has 1 aromatic carbocycles. The molecule has 0 saturated carbocycles. The van der Waals surface area contributed by atoms with Crippen molar-refractivity contribution in [3.63, 3.8) is 0 Å². The van der Waals surface area contributed by atoms with Crippen LogP contribution < -0.4 is 16.5 Å². The van der Waals surface area contributed by atoms with E-state index in [1.54, 1.807) is 6.20 Å². The number of piperazine rings is 1. The Morgan fingerprint density at radius 3 is 2.13 bits per heavy atom. The summed E-state index contributed by atoms with van der Waals surface area (Å²) in [5.74, 6) is 1.96. The molecule has 262 valence electrons. The van der Waals surface area contributed by atoms with Gasteiger partial charge < -0.3 is 60.7 Å². The van der Waals surface area contributed by atoms with Gasteiger partial charge in [0.05, 0.1) is 25.1 Å². The van der Waals surface area contributed by atoms with Crippen LogP contribution in [0, 0.1) is 17.5 Å². The SMILES string of the molecule is CN1CCN(c2cn(C3C(O)C(CO)OC(SC4OC(CO)C(O)C(N(N)/C=C(\N)c5cc(F)c(F)c(F)c5)C4O)C3O)nn2)CC1. The van der Waals surface area contributed by atoms with Crippen molar-refractivity contribution in [1.82, 2.24) is 24.9 Å². The highest BCUT2D eigenvalue weighted by Crippen LogP contribution is 2.40. The van der Waals surface area contributed by atoms with Gasteiger partial charge in [0.2, 0.25) is 0 Å². The van der Waals surface area contributed by atoms with Crippen LogP contribution in [0.15, 0.2) is 24.5 Å². The predicted octanol–water partition coefficient (Wildman–Crippen LogP) is -2.90. The standard InChI is InChI=1S/C27H39F3N8O8S/c1-35-2-4-36(5-3-35)18-9-38(34-33-18)21-23(42)17(11-40)46-27(25(21)44)47-26-24(43)20(22(41)16(10-39)45-26)37(32)8-15(31)12-6-13(28)19(30)14(29)7-12/h6-9,16-17,20-27,39-44H,2-5,10-11,31-32H2,1H3/b15-8-. The monoisotopic (exact) mass is 692 g/mol. The number of aromatic nitrogens is 3. The highest BCUT2D eigenvalue weighted by molar-refractivity contribution is 8.00. The van der Waals surface area contributed by atoms with Gasteiger partial charge in [-0.1, -0.05) is 17.0 Å². The number of likely N-dealkylation sites (N-methyl/N-ethyl adjacent to an activating group) is 1. The van der Waals surface area contributed by atoms with Gasteiger partial charge in [-0.05, 0) is 19.2 Å². The van der Waals surface area contributed by atoms with Crippen LogP contribution in [0.2, 0.25) is 0 Å². The van der Waals surface area contributed by atoms with E-state index in [9.17, 15) is 43.8 Å². The van der Waals surface area contributed by atoms with E-state index in [1.165, 1.54) is 4.68 Å². The van der Waals surface area contributed by atoms with Crippen molar-refractivity contribution in [2.45, 2.75) is 59.6 Å². The summed E-state index contributed by atoms with van der Waals surface area (Å²) in [4.78, 5) is 4.17. The minimum Gasteiger partial charge on any atom is -0.397 e. The summed E-state index contributed by atoms with van der Waals surface area (Å²) in [5.41, 5.74) is 2.71. The first-order valence-electron chi connectivity index (χ1n) is 14.8. The zero-order chi connectivity index (χ0) is 34.2. The molecule has 16 nitrogen and oxygen atoms in total. The fourth-order valence-corrected chi connectivity index (χ4v) is 7.12. The number of rotatable bonds is 9. The van der Waals surface area contributed by atoms with E-state index in [0.717, 1.165) is 36.1 Å². The molecule has 0 spiro atoms. The van der Waals surface area contributed by atoms with Crippen molar-refractivity contribution in [2.24, 2.45) is 11.6 Å². The highest BCUT2D eigenvalue weighted by Gasteiger charge is 2.51. The van der Waals surface area contributed by atoms with E-state index < -0.39 is 90.2 Å². The molecule has 1 aromatic heterocycles. The Morgan fingerprint density at radius 1 is 0.957 bits per heavy atom. The Balaban J connectivity index is 1.36. The number of ether oxygens (including phenoxy) is 2. The van der Waals surface area contributed by atoms with Crippen LogP contribution in [0.5, 0.6) is 0 Å². The number of benzene rings is 1. The number of aliphatic hydroxyl groups excluding tert-OH is 6. The van der Waals surface area contributed by atoms with Crippen molar-refractivity contribution in [1.29, 1.82) is 0 Å². The number of nitrogens with zero attached hydrogens (tertiary/aromatic N) is 6. The smallest absolute Gasteiger partial charge is 0.194 e. The molecule has 0 bridgehead atoms. The van der Waals surface area contributed by atoms with Gasteiger partial charge in [0, 0.05) is 37.9 Å². The van der Waals surface area contributed by atoms with Gasteiger partial charge in [-0.15, -0.1) is 5.10 Å². The lowest BCUT2D eigenvalue weighted by Gasteiger charge is -2.47. The van der Waals surface area contributed by atoms with Crippen LogP contribution in [0.4, 0.5) is 19.0 Å². The highest BCUT2D eigenvalue weighted by atomic mass is 32.2. The summed E-state index contributed by atoms with van der Waals surface area (Å²) in [6.07, 6.45) is -6.20. The van der Waals surface area contributed by atoms with Gasteiger partial charge >= 0.3 is 0 Å². The molecule has 10 atom stereocenters. The van der Waals surface area contributed by atoms with Gasteiger partial charge in [-0.2, -0.15) is 0 Å². The maximum absolute atomic E-state index is 13.8. The van der Waals surface area contributed by atoms with Crippen LogP contribution in [0.1, 0.15) is 11.6 Å². The first kappa shape index (κ1) is 35.5. The minimum atomic E-state index is -1.70. The summed E-state index contributed by atoms with van der Waals surface area (Å²) < 4.78 is 53.8. The molecule has 3 saturated heterocycles. The molecule has 20 heteroatoms. The number of thioether (sulfide) groups is 1. The van der Waals surface area contributed by atoms with Gasteiger partial charge in [0.1, 0.15) is 59.6 Å². The van der Waals surface area contributed by atoms with E-state index in [0.29, 0.717) is 31.0 Å². The lowest BCUT2D eigenvalue weighted by Crippen LogP contribution is -2.65. The summed E-state index contributed by atoms with van der Waals surface area (Å²) >= 11 is 0.734. The van der Waals surface area contributed by atoms with Crippen LogP contribution in [0.25, 0.3) is 5.70 Å². The van der Waals surface area contributed by atoms with Gasteiger partial charge in [0.25, 0.3) is 0 Å². The summed E-state index contributed by atoms with van der Waals surface area (Å²) in [5, 5.41) is 73.7. The van der Waals surface area contributed by atoms with E-state index in [1.807, 2.05) is 11.9 Å². The van der Waals surface area contributed by atoms with Crippen molar-refractivity contribution in [2.75, 3.05) is 51.3 Å². The summed E-state index contributed by atoms with van der Waals surface area (Å²) in [7, 11) is 2.00. The Bertz CT molecular complexity index is 1380. The third-order valence-corrected chi connectivity index (χ3v) is 9.86. The molecule has 2 aromatic rings. The fraction of sp³-hybridized carbons (Fsp3) is 0.630. The quantitative estimate of drug-likeness (QED) is 0.0748. The van der Waals surface area contributed by atoms with Crippen LogP contribution >= 0.6 is 11.8 Å². The first-order valence-corrected chi connectivity index (χ1v) is 15.7. The average molecular weight is 693 g/mol. The number of hydrogen-bond donors (Lipinski definition) is 8. The summed E-state index contributed by atoms with van der Waals surface area (Å²) in [6.45, 7) is 1.63. The predicted molar refractivity (Wildman–Crippen MR) is 160 cm³/mol. The van der Waals surface area contributed by atoms with Crippen molar-refractivity contribution in [3.05, 3.63) is 47.5 Å². The van der Waals surface area contributed by atoms with E-state index in [2.05, 4.69) is 15.2 Å². The molecule has 3 aliphatic heterocycles. The lowest BCUT2D eigenvalue weighted by molar-refractivity contribution is -0.191. The van der Waals surface area contributed by atoms with E-state index in [4.69, 9.17) is 21.1 Å². The first-order chi connectivity index (χ1) is 22.3. The molecular weight excluding hydrogens is 653 g/mol. The van der Waals surface area contributed by atoms with Gasteiger partial charge in [-0.25, -0.2) is 23.7 Å². The van der Waals surface area contributed by atoms with Crippen LogP contribution in [-0.4, -0.2) is 156 Å². The molecule has 5 rings (SSSR count). The molecular formula is C27H39F3N8O8S. The molecule has 0 aliphatic carbocycles. The topological polar surface area (TPSA) is 232 Å². The number of halogens is 3. The van der Waals surface area contributed by atoms with Gasteiger partial charge in [0.15, 0.2) is 23.3 Å². The van der Waals surface area contributed by atoms with Crippen molar-refractivity contribution >= 4 is 23.3 Å². The number of hydrogen-bond acceptors (Lipinski definition) is 16. The largest absolute Gasteiger partial charge is 0.397 e. The fourth-order valence-electron chi connectivity index (χ4n) is 5.79. The van der Waals surface area contributed by atoms with Crippen LogP contribution in [0.3, 0.4) is 0 Å². The molecule has 4 heterocycles. The van der Waals surface area contributed by atoms with E-state index in [-0.39, 0.29) is 11.3 Å². The lowest BCUT2D eigenvalue weighted by atomic mass is 9.96. The van der Waals surface area contributed by atoms with Crippen LogP contribution in [-0.2, 0) is 9.47 Å². The second-order valence-electron chi connectivity index (χ2n) is 11.7. The number of nitrogens with two attached hydrogens (primary N) is 2. The Hall–Kier alpha value is -2.76. The molecule has 3 fully saturated rings. The number of hydrazine groups is 1. The zero-order valence-electron chi connectivity index (χ0n) is 25.2. The van der Waals surface area contributed by atoms with Gasteiger partial charge in [-0.3, -0.25) is 0 Å². The molecule has 10 N–H and O–H groups in total. The molecule has 10 unspecified atom stereocenters. The molecule has 47 heavy (non-hydrogen) atoms. The van der Waals surface area contributed by atoms with E-state index >= 15 is 0 Å². The molecule has 3 aliphatic rings. The maximum Gasteiger partial charge on any atom is 0.194 e. The maximum atomic E-state index is 13.8.